The fourth-order valence-electron chi connectivity index (χ4n) is 4.30. The summed E-state index contributed by atoms with van der Waals surface area (Å²) in [5.74, 6) is 0.319. The molecule has 5 rings (SSSR count). The van der Waals surface area contributed by atoms with Crippen molar-refractivity contribution in [1.29, 1.82) is 0 Å². The summed E-state index contributed by atoms with van der Waals surface area (Å²) >= 11 is 0. The third kappa shape index (κ3) is 3.57. The van der Waals surface area contributed by atoms with Crippen molar-refractivity contribution < 1.29 is 4.79 Å². The van der Waals surface area contributed by atoms with Gasteiger partial charge in [-0.05, 0) is 58.7 Å². The molecule has 0 aliphatic heterocycles. The van der Waals surface area contributed by atoms with Gasteiger partial charge >= 0.3 is 0 Å². The number of aryl methyl sites for hydroxylation is 3. The Hall–Kier alpha value is -3.48. The Morgan fingerprint density at radius 1 is 1.16 bits per heavy atom. The van der Waals surface area contributed by atoms with E-state index in [0.29, 0.717) is 11.5 Å². The number of fused-ring (bicyclic) bond motifs is 1. The molecule has 1 atom stereocenters. The Morgan fingerprint density at radius 3 is 2.56 bits per heavy atom. The molecule has 7 nitrogen and oxygen atoms in total. The van der Waals surface area contributed by atoms with Gasteiger partial charge in [-0.1, -0.05) is 18.2 Å². The van der Waals surface area contributed by atoms with Gasteiger partial charge in [0, 0.05) is 29.9 Å². The van der Waals surface area contributed by atoms with Crippen molar-refractivity contribution in [1.82, 2.24) is 29.9 Å². The van der Waals surface area contributed by atoms with Crippen LogP contribution >= 0.6 is 0 Å². The van der Waals surface area contributed by atoms with Gasteiger partial charge in [0.2, 0.25) is 0 Å². The van der Waals surface area contributed by atoms with Crippen molar-refractivity contribution in [3.05, 3.63) is 70.8 Å². The Morgan fingerprint density at radius 2 is 1.91 bits per heavy atom. The second-order valence-electron chi connectivity index (χ2n) is 8.62. The topological polar surface area (TPSA) is 77.6 Å². The van der Waals surface area contributed by atoms with Gasteiger partial charge in [0.15, 0.2) is 5.65 Å². The average molecular weight is 429 g/mol. The average Bonchev–Trinajstić information content (AvgIpc) is 3.50. The van der Waals surface area contributed by atoms with Crippen LogP contribution < -0.4 is 5.32 Å². The predicted molar refractivity (Wildman–Crippen MR) is 124 cm³/mol. The van der Waals surface area contributed by atoms with Crippen molar-refractivity contribution in [2.45, 2.75) is 59.0 Å². The highest BCUT2D eigenvalue weighted by Crippen LogP contribution is 2.40. The molecule has 0 radical (unpaired) electrons. The second-order valence-corrected chi connectivity index (χ2v) is 8.62. The van der Waals surface area contributed by atoms with Crippen LogP contribution in [0.5, 0.6) is 0 Å². The molecule has 3 aromatic heterocycles. The summed E-state index contributed by atoms with van der Waals surface area (Å²) in [6.07, 6.45) is 4.24. The minimum absolute atomic E-state index is 0.105. The predicted octanol–water partition coefficient (Wildman–Crippen LogP) is 4.62. The van der Waals surface area contributed by atoms with Crippen molar-refractivity contribution in [2.24, 2.45) is 0 Å². The van der Waals surface area contributed by atoms with Crippen molar-refractivity contribution >= 4 is 16.9 Å². The maximum absolute atomic E-state index is 13.5. The highest BCUT2D eigenvalue weighted by atomic mass is 16.1. The van der Waals surface area contributed by atoms with E-state index >= 15 is 0 Å². The molecule has 1 unspecified atom stereocenters. The van der Waals surface area contributed by atoms with Crippen LogP contribution in [0.1, 0.15) is 71.7 Å². The number of carbonyl (C=O) groups is 1. The van der Waals surface area contributed by atoms with Crippen LogP contribution in [0.15, 0.2) is 42.6 Å². The first-order valence-electron chi connectivity index (χ1n) is 11.3. The number of carbonyl (C=O) groups excluding carboxylic acids is 1. The second kappa shape index (κ2) is 7.89. The van der Waals surface area contributed by atoms with E-state index < -0.39 is 0 Å². The molecule has 0 bridgehead atoms. The van der Waals surface area contributed by atoms with E-state index in [0.717, 1.165) is 58.8 Å². The molecule has 1 aromatic carbocycles. The number of para-hydroxylation sites is 1. The summed E-state index contributed by atoms with van der Waals surface area (Å²) < 4.78 is 3.75. The molecule has 164 valence electrons. The monoisotopic (exact) mass is 428 g/mol. The lowest BCUT2D eigenvalue weighted by Crippen LogP contribution is -2.27. The van der Waals surface area contributed by atoms with Gasteiger partial charge in [-0.2, -0.15) is 10.2 Å². The maximum Gasteiger partial charge on any atom is 0.252 e. The number of amides is 1. The first kappa shape index (κ1) is 20.4. The number of nitrogens with zero attached hydrogens (tertiary/aromatic N) is 5. The Labute approximate surface area is 187 Å². The first-order chi connectivity index (χ1) is 15.5. The number of rotatable bonds is 6. The van der Waals surface area contributed by atoms with Crippen LogP contribution in [0.25, 0.3) is 16.7 Å². The lowest BCUT2D eigenvalue weighted by Gasteiger charge is -2.15. The van der Waals surface area contributed by atoms with E-state index in [9.17, 15) is 4.79 Å². The van der Waals surface area contributed by atoms with Gasteiger partial charge in [-0.3, -0.25) is 9.48 Å². The number of aromatic nitrogens is 5. The van der Waals surface area contributed by atoms with Crippen molar-refractivity contribution in [2.75, 3.05) is 0 Å². The number of pyridine rings is 1. The highest BCUT2D eigenvalue weighted by molar-refractivity contribution is 6.07. The molecule has 0 spiro atoms. The standard InChI is InChI=1S/C25H28N6O/c1-5-30-14-21(16(3)28-30)15(2)26-25(32)20-13-22(18-11-12-18)27-24-23(20)17(4)29-31(24)19-9-7-6-8-10-19/h6-10,13-15,18H,5,11-12H2,1-4H3,(H,26,32). The van der Waals surface area contributed by atoms with Crippen molar-refractivity contribution in [3.8, 4) is 5.69 Å². The van der Waals surface area contributed by atoms with E-state index in [1.54, 1.807) is 0 Å². The lowest BCUT2D eigenvalue weighted by atomic mass is 10.1. The number of nitrogens with one attached hydrogen (secondary N) is 1. The van der Waals surface area contributed by atoms with Crippen LogP contribution in [-0.2, 0) is 6.54 Å². The molecule has 1 N–H and O–H groups in total. The summed E-state index contributed by atoms with van der Waals surface area (Å²) in [4.78, 5) is 18.5. The fraction of sp³-hybridized carbons (Fsp3) is 0.360. The molecule has 1 saturated carbocycles. The molecule has 32 heavy (non-hydrogen) atoms. The van der Waals surface area contributed by atoms with Gasteiger partial charge in [0.1, 0.15) is 0 Å². The molecule has 3 heterocycles. The van der Waals surface area contributed by atoms with Gasteiger partial charge in [-0.15, -0.1) is 0 Å². The smallest absolute Gasteiger partial charge is 0.252 e. The van der Waals surface area contributed by atoms with E-state index in [-0.39, 0.29) is 11.9 Å². The zero-order valence-electron chi connectivity index (χ0n) is 19.0. The van der Waals surface area contributed by atoms with E-state index in [2.05, 4.69) is 17.3 Å². The Balaban J connectivity index is 1.57. The summed E-state index contributed by atoms with van der Waals surface area (Å²) in [5.41, 5.74) is 6.06. The fourth-order valence-corrected chi connectivity index (χ4v) is 4.30. The Bertz CT molecular complexity index is 1300. The largest absolute Gasteiger partial charge is 0.345 e. The summed E-state index contributed by atoms with van der Waals surface area (Å²) in [7, 11) is 0. The maximum atomic E-state index is 13.5. The molecule has 1 amide bonds. The van der Waals surface area contributed by atoms with Crippen LogP contribution in [-0.4, -0.2) is 30.5 Å². The third-order valence-corrected chi connectivity index (χ3v) is 6.20. The van der Waals surface area contributed by atoms with Crippen molar-refractivity contribution in [3.63, 3.8) is 0 Å². The summed E-state index contributed by atoms with van der Waals surface area (Å²) in [5, 5.41) is 13.3. The van der Waals surface area contributed by atoms with Gasteiger partial charge in [-0.25, -0.2) is 9.67 Å². The normalized spacial score (nSPS) is 14.6. The van der Waals surface area contributed by atoms with Crippen LogP contribution in [0.3, 0.4) is 0 Å². The minimum atomic E-state index is -0.153. The SMILES string of the molecule is CCn1cc(C(C)NC(=O)c2cc(C3CC3)nc3c2c(C)nn3-c2ccccc2)c(C)n1. The van der Waals surface area contributed by atoms with E-state index in [4.69, 9.17) is 10.1 Å². The Kier molecular flexibility index (Phi) is 5.04. The molecule has 4 aromatic rings. The lowest BCUT2D eigenvalue weighted by molar-refractivity contribution is 0.0941. The van der Waals surface area contributed by atoms with Crippen LogP contribution in [0.2, 0.25) is 0 Å². The van der Waals surface area contributed by atoms with Gasteiger partial charge in [0.25, 0.3) is 5.91 Å². The van der Waals surface area contributed by atoms with E-state index in [1.807, 2.05) is 72.7 Å². The molecule has 7 heteroatoms. The van der Waals surface area contributed by atoms with Gasteiger partial charge < -0.3 is 5.32 Å². The molecule has 1 aliphatic carbocycles. The molecular formula is C25H28N6O. The minimum Gasteiger partial charge on any atom is -0.345 e. The zero-order valence-corrected chi connectivity index (χ0v) is 19.0. The van der Waals surface area contributed by atoms with Crippen LogP contribution in [0.4, 0.5) is 0 Å². The molecule has 1 aliphatic rings. The number of hydrogen-bond acceptors (Lipinski definition) is 4. The third-order valence-electron chi connectivity index (χ3n) is 6.20. The van der Waals surface area contributed by atoms with Gasteiger partial charge in [0.05, 0.1) is 34.1 Å². The number of hydrogen-bond donors (Lipinski definition) is 1. The highest BCUT2D eigenvalue weighted by Gasteiger charge is 2.29. The quantitative estimate of drug-likeness (QED) is 0.486. The molecular weight excluding hydrogens is 400 g/mol. The zero-order chi connectivity index (χ0) is 22.4. The van der Waals surface area contributed by atoms with Crippen LogP contribution in [0, 0.1) is 13.8 Å². The summed E-state index contributed by atoms with van der Waals surface area (Å²) in [6.45, 7) is 8.78. The molecule has 1 fully saturated rings. The first-order valence-corrected chi connectivity index (χ1v) is 11.3. The van der Waals surface area contributed by atoms with E-state index in [1.165, 1.54) is 0 Å². The summed E-state index contributed by atoms with van der Waals surface area (Å²) in [6, 6.07) is 11.8. The molecule has 0 saturated heterocycles. The number of benzene rings is 1.